The van der Waals surface area contributed by atoms with Crippen molar-refractivity contribution in [3.63, 3.8) is 0 Å². The van der Waals surface area contributed by atoms with Gasteiger partial charge in [0.2, 0.25) is 0 Å². The maximum atomic E-state index is 10.6. The van der Waals surface area contributed by atoms with E-state index in [0.717, 1.165) is 0 Å². The lowest BCUT2D eigenvalue weighted by Crippen LogP contribution is -1.98. The first-order valence-corrected chi connectivity index (χ1v) is 3.70. The molecule has 1 atom stereocenters. The Hall–Kier alpha value is -0.920. The molecule has 0 saturated heterocycles. The van der Waals surface area contributed by atoms with Crippen molar-refractivity contribution < 1.29 is 9.59 Å². The quantitative estimate of drug-likeness (QED) is 0.578. The zero-order valence-electron chi connectivity index (χ0n) is 7.26. The van der Waals surface area contributed by atoms with Crippen LogP contribution in [0.15, 0.2) is 12.2 Å². The zero-order chi connectivity index (χ0) is 8.85. The molecule has 0 radical (unpaired) electrons. The van der Waals surface area contributed by atoms with Crippen LogP contribution in [0.1, 0.15) is 27.2 Å². The maximum Gasteiger partial charge on any atom is 0.152 e. The number of carbonyl (C=O) groups excluding carboxylic acids is 2. The smallest absolute Gasteiger partial charge is 0.152 e. The first-order chi connectivity index (χ1) is 5.02. The molecular weight excluding hydrogens is 140 g/mol. The summed E-state index contributed by atoms with van der Waals surface area (Å²) in [5.41, 5.74) is 0. The summed E-state index contributed by atoms with van der Waals surface area (Å²) in [6.07, 6.45) is 3.79. The molecule has 0 saturated carbocycles. The standard InChI is InChI=1S/C9H14O2/c1-7(6-9(3)11)4-5-8(2)10/h4-5,7H,6H2,1-3H3/b5-4+. The molecule has 0 heterocycles. The van der Waals surface area contributed by atoms with E-state index >= 15 is 0 Å². The van der Waals surface area contributed by atoms with Gasteiger partial charge in [-0.3, -0.25) is 4.79 Å². The monoisotopic (exact) mass is 154 g/mol. The minimum atomic E-state index is 0.0282. The molecule has 0 fully saturated rings. The number of allylic oxidation sites excluding steroid dienone is 2. The van der Waals surface area contributed by atoms with Crippen LogP contribution in [0, 0.1) is 5.92 Å². The van der Waals surface area contributed by atoms with Crippen molar-refractivity contribution in [1.29, 1.82) is 0 Å². The SMILES string of the molecule is CC(=O)/C=C/C(C)CC(C)=O. The molecule has 0 aliphatic rings. The number of rotatable bonds is 4. The Kier molecular flexibility index (Phi) is 4.42. The van der Waals surface area contributed by atoms with E-state index in [1.165, 1.54) is 13.0 Å². The van der Waals surface area contributed by atoms with Crippen molar-refractivity contribution in [2.24, 2.45) is 5.92 Å². The molecule has 2 heteroatoms. The highest BCUT2D eigenvalue weighted by Gasteiger charge is 2.00. The fourth-order valence-electron chi connectivity index (χ4n) is 0.821. The van der Waals surface area contributed by atoms with Crippen molar-refractivity contribution >= 4 is 11.6 Å². The molecule has 0 aromatic carbocycles. The number of hydrogen-bond acceptors (Lipinski definition) is 2. The third-order valence-electron chi connectivity index (χ3n) is 1.27. The lowest BCUT2D eigenvalue weighted by atomic mass is 10.0. The Labute approximate surface area is 67.3 Å². The van der Waals surface area contributed by atoms with Gasteiger partial charge in [-0.2, -0.15) is 0 Å². The summed E-state index contributed by atoms with van der Waals surface area (Å²) in [6, 6.07) is 0. The molecule has 0 bridgehead atoms. The van der Waals surface area contributed by atoms with Crippen LogP contribution < -0.4 is 0 Å². The van der Waals surface area contributed by atoms with E-state index in [1.54, 1.807) is 13.0 Å². The highest BCUT2D eigenvalue weighted by Crippen LogP contribution is 2.03. The summed E-state index contributed by atoms with van der Waals surface area (Å²) < 4.78 is 0. The molecule has 2 nitrogen and oxygen atoms in total. The fourth-order valence-corrected chi connectivity index (χ4v) is 0.821. The van der Waals surface area contributed by atoms with Gasteiger partial charge in [0.15, 0.2) is 5.78 Å². The second kappa shape index (κ2) is 4.83. The Bertz CT molecular complexity index is 180. The van der Waals surface area contributed by atoms with Crippen molar-refractivity contribution in [1.82, 2.24) is 0 Å². The van der Waals surface area contributed by atoms with Gasteiger partial charge in [0, 0.05) is 6.42 Å². The van der Waals surface area contributed by atoms with E-state index in [2.05, 4.69) is 0 Å². The van der Waals surface area contributed by atoms with Gasteiger partial charge in [-0.25, -0.2) is 0 Å². The topological polar surface area (TPSA) is 34.1 Å². The van der Waals surface area contributed by atoms with Gasteiger partial charge in [-0.05, 0) is 25.8 Å². The van der Waals surface area contributed by atoms with Gasteiger partial charge in [0.25, 0.3) is 0 Å². The van der Waals surface area contributed by atoms with Crippen LogP contribution >= 0.6 is 0 Å². The van der Waals surface area contributed by atoms with E-state index in [9.17, 15) is 9.59 Å². The zero-order valence-corrected chi connectivity index (χ0v) is 7.26. The third kappa shape index (κ3) is 6.97. The van der Waals surface area contributed by atoms with Crippen LogP contribution in [0.3, 0.4) is 0 Å². The van der Waals surface area contributed by atoms with Gasteiger partial charge in [-0.1, -0.05) is 13.0 Å². The average molecular weight is 154 g/mol. The molecule has 62 valence electrons. The Morgan fingerprint density at radius 1 is 1.36 bits per heavy atom. The van der Waals surface area contributed by atoms with Crippen LogP contribution in [0.4, 0.5) is 0 Å². The molecule has 0 aliphatic heterocycles. The molecule has 0 aromatic heterocycles. The molecule has 11 heavy (non-hydrogen) atoms. The summed E-state index contributed by atoms with van der Waals surface area (Å²) in [7, 11) is 0. The third-order valence-corrected chi connectivity index (χ3v) is 1.27. The molecule has 0 N–H and O–H groups in total. The van der Waals surface area contributed by atoms with Crippen LogP contribution in [0.25, 0.3) is 0 Å². The molecular formula is C9H14O2. The number of ketones is 2. The Morgan fingerprint density at radius 3 is 2.27 bits per heavy atom. The predicted molar refractivity (Wildman–Crippen MR) is 44.3 cm³/mol. The van der Waals surface area contributed by atoms with Gasteiger partial charge in [0.05, 0.1) is 0 Å². The second-order valence-electron chi connectivity index (χ2n) is 2.85. The molecule has 0 spiro atoms. The minimum absolute atomic E-state index is 0.0282. The van der Waals surface area contributed by atoms with Crippen molar-refractivity contribution in [3.8, 4) is 0 Å². The molecule has 0 amide bonds. The van der Waals surface area contributed by atoms with E-state index in [-0.39, 0.29) is 17.5 Å². The van der Waals surface area contributed by atoms with E-state index < -0.39 is 0 Å². The number of carbonyl (C=O) groups is 2. The molecule has 0 aliphatic carbocycles. The lowest BCUT2D eigenvalue weighted by Gasteiger charge is -1.99. The average Bonchev–Trinajstić information content (AvgIpc) is 1.82. The summed E-state index contributed by atoms with van der Waals surface area (Å²) in [5.74, 6) is 0.363. The first-order valence-electron chi connectivity index (χ1n) is 3.70. The Balaban J connectivity index is 3.77. The van der Waals surface area contributed by atoms with Crippen LogP contribution in [0.2, 0.25) is 0 Å². The summed E-state index contributed by atoms with van der Waals surface area (Å²) in [4.78, 5) is 21.0. The minimum Gasteiger partial charge on any atom is -0.300 e. The fraction of sp³-hybridized carbons (Fsp3) is 0.556. The summed E-state index contributed by atoms with van der Waals surface area (Å²) >= 11 is 0. The summed E-state index contributed by atoms with van der Waals surface area (Å²) in [6.45, 7) is 4.97. The number of hydrogen-bond donors (Lipinski definition) is 0. The van der Waals surface area contributed by atoms with E-state index in [1.807, 2.05) is 6.92 Å². The van der Waals surface area contributed by atoms with E-state index in [4.69, 9.17) is 0 Å². The van der Waals surface area contributed by atoms with Gasteiger partial charge >= 0.3 is 0 Å². The highest BCUT2D eigenvalue weighted by molar-refractivity contribution is 5.87. The largest absolute Gasteiger partial charge is 0.300 e. The maximum absolute atomic E-state index is 10.6. The normalized spacial score (nSPS) is 13.4. The van der Waals surface area contributed by atoms with Gasteiger partial charge < -0.3 is 4.79 Å². The van der Waals surface area contributed by atoms with Crippen molar-refractivity contribution in [2.45, 2.75) is 27.2 Å². The van der Waals surface area contributed by atoms with Crippen LogP contribution in [-0.4, -0.2) is 11.6 Å². The second-order valence-corrected chi connectivity index (χ2v) is 2.85. The lowest BCUT2D eigenvalue weighted by molar-refractivity contribution is -0.117. The molecule has 0 aromatic rings. The van der Waals surface area contributed by atoms with E-state index in [0.29, 0.717) is 6.42 Å². The van der Waals surface area contributed by atoms with Crippen LogP contribution in [0.5, 0.6) is 0 Å². The molecule has 0 rings (SSSR count). The van der Waals surface area contributed by atoms with Crippen LogP contribution in [-0.2, 0) is 9.59 Å². The highest BCUT2D eigenvalue weighted by atomic mass is 16.1. The van der Waals surface area contributed by atoms with Gasteiger partial charge in [0.1, 0.15) is 5.78 Å². The number of Topliss-reactive ketones (excluding diaryl/α,β-unsaturated/α-hetero) is 1. The van der Waals surface area contributed by atoms with Gasteiger partial charge in [-0.15, -0.1) is 0 Å². The van der Waals surface area contributed by atoms with Crippen molar-refractivity contribution in [3.05, 3.63) is 12.2 Å². The molecule has 1 unspecified atom stereocenters. The predicted octanol–water partition coefficient (Wildman–Crippen LogP) is 1.75. The first kappa shape index (κ1) is 10.1. The summed E-state index contributed by atoms with van der Waals surface area (Å²) in [5, 5.41) is 0. The Morgan fingerprint density at radius 2 is 1.91 bits per heavy atom. The van der Waals surface area contributed by atoms with Crippen molar-refractivity contribution in [2.75, 3.05) is 0 Å².